The molecule has 4 N–H and O–H groups in total. The number of nitrogens with one attached hydrogen (secondary N) is 3. The molecule has 1 fully saturated rings. The van der Waals surface area contributed by atoms with Crippen LogP contribution in [0.4, 0.5) is 13.6 Å². The van der Waals surface area contributed by atoms with Gasteiger partial charge in [-0.25, -0.2) is 18.6 Å². The summed E-state index contributed by atoms with van der Waals surface area (Å²) in [4.78, 5) is 29.0. The minimum atomic E-state index is -0.683. The fourth-order valence-corrected chi connectivity index (χ4v) is 3.96. The van der Waals surface area contributed by atoms with Gasteiger partial charge in [0, 0.05) is 18.6 Å². The van der Waals surface area contributed by atoms with E-state index in [0.717, 1.165) is 17.8 Å². The van der Waals surface area contributed by atoms with Crippen LogP contribution in [0.3, 0.4) is 0 Å². The fourth-order valence-electron chi connectivity index (χ4n) is 3.96. The third-order valence-electron chi connectivity index (χ3n) is 5.88. The summed E-state index contributed by atoms with van der Waals surface area (Å²) in [5.41, 5.74) is 0.803. The highest BCUT2D eigenvalue weighted by Crippen LogP contribution is 2.25. The first-order chi connectivity index (χ1) is 17.4. The van der Waals surface area contributed by atoms with E-state index in [-0.39, 0.29) is 41.1 Å². The normalized spacial score (nSPS) is 17.2. The molecule has 10 heteroatoms. The fraction of sp³-hybridized carbons (Fsp3) is 0.269. The Labute approximate surface area is 206 Å². The third kappa shape index (κ3) is 6.91. The second-order valence-electron chi connectivity index (χ2n) is 8.58. The lowest BCUT2D eigenvalue weighted by molar-refractivity contribution is 0.0920. The molecule has 36 heavy (non-hydrogen) atoms. The van der Waals surface area contributed by atoms with Gasteiger partial charge in [0.15, 0.2) is 0 Å². The molecule has 1 aromatic heterocycles. The molecule has 1 aliphatic carbocycles. The number of aromatic nitrogens is 1. The van der Waals surface area contributed by atoms with Crippen molar-refractivity contribution in [2.45, 2.75) is 44.3 Å². The molecule has 0 radical (unpaired) electrons. The zero-order valence-corrected chi connectivity index (χ0v) is 19.3. The van der Waals surface area contributed by atoms with E-state index < -0.39 is 17.5 Å². The first-order valence-electron chi connectivity index (χ1n) is 11.6. The molecule has 1 aliphatic rings. The number of benzene rings is 2. The average Bonchev–Trinajstić information content (AvgIpc) is 2.87. The van der Waals surface area contributed by atoms with E-state index in [0.29, 0.717) is 32.2 Å². The zero-order chi connectivity index (χ0) is 25.5. The molecule has 4 rings (SSSR count). The van der Waals surface area contributed by atoms with Gasteiger partial charge in [0.25, 0.3) is 5.91 Å². The largest absolute Gasteiger partial charge is 0.508 e. The molecule has 3 amide bonds. The lowest BCUT2D eigenvalue weighted by atomic mass is 9.91. The summed E-state index contributed by atoms with van der Waals surface area (Å²) in [6.45, 7) is 0.335. The summed E-state index contributed by atoms with van der Waals surface area (Å²) in [6.07, 6.45) is 3.53. The summed E-state index contributed by atoms with van der Waals surface area (Å²) >= 11 is 0. The van der Waals surface area contributed by atoms with E-state index >= 15 is 0 Å². The van der Waals surface area contributed by atoms with E-state index in [1.807, 2.05) is 0 Å². The Hall–Kier alpha value is -4.21. The number of halogens is 2. The number of phenols is 1. The minimum absolute atomic E-state index is 0.0359. The third-order valence-corrected chi connectivity index (χ3v) is 5.88. The van der Waals surface area contributed by atoms with Gasteiger partial charge in [-0.2, -0.15) is 0 Å². The van der Waals surface area contributed by atoms with Crippen molar-refractivity contribution in [2.75, 3.05) is 0 Å². The molecular formula is C26H26F2N4O4. The van der Waals surface area contributed by atoms with Crippen LogP contribution in [0.5, 0.6) is 17.4 Å². The number of carbonyl (C=O) groups is 2. The number of hydrogen-bond acceptors (Lipinski definition) is 5. The second-order valence-corrected chi connectivity index (χ2v) is 8.58. The Kier molecular flexibility index (Phi) is 7.94. The molecule has 0 aliphatic heterocycles. The molecule has 0 atom stereocenters. The van der Waals surface area contributed by atoms with Gasteiger partial charge in [-0.05, 0) is 73.7 Å². The highest BCUT2D eigenvalue weighted by Gasteiger charge is 2.25. The molecule has 188 valence electrons. The van der Waals surface area contributed by atoms with Crippen LogP contribution in [0.25, 0.3) is 0 Å². The number of phenolic OH excluding ortho intramolecular Hbond substituents is 1. The van der Waals surface area contributed by atoms with Crippen molar-refractivity contribution in [2.24, 2.45) is 0 Å². The molecule has 0 spiro atoms. The van der Waals surface area contributed by atoms with Gasteiger partial charge in [-0.3, -0.25) is 4.79 Å². The van der Waals surface area contributed by atoms with Crippen LogP contribution < -0.4 is 20.7 Å². The highest BCUT2D eigenvalue weighted by molar-refractivity contribution is 5.96. The van der Waals surface area contributed by atoms with Gasteiger partial charge >= 0.3 is 6.03 Å². The Morgan fingerprint density at radius 3 is 2.22 bits per heavy atom. The first-order valence-corrected chi connectivity index (χ1v) is 11.6. The first kappa shape index (κ1) is 24.9. The molecule has 0 saturated heterocycles. The van der Waals surface area contributed by atoms with Crippen LogP contribution in [0.1, 0.15) is 41.6 Å². The Bertz CT molecular complexity index is 1200. The average molecular weight is 497 g/mol. The van der Waals surface area contributed by atoms with Crippen molar-refractivity contribution in [1.29, 1.82) is 0 Å². The molecular weight excluding hydrogens is 470 g/mol. The Morgan fingerprint density at radius 2 is 1.56 bits per heavy atom. The number of urea groups is 1. The number of ether oxygens (including phenoxy) is 1. The Balaban J connectivity index is 1.26. The SMILES string of the molecule is O=C(NCc1ccc(O)cc1)NC1CCC(NC(=O)c2cc(F)cnc2Oc2ccc(F)cc2)CC1. The van der Waals surface area contributed by atoms with Crippen LogP contribution >= 0.6 is 0 Å². The van der Waals surface area contributed by atoms with Crippen LogP contribution in [0.15, 0.2) is 60.8 Å². The summed E-state index contributed by atoms with van der Waals surface area (Å²) in [5.74, 6) is -1.30. The second kappa shape index (κ2) is 11.5. The molecule has 0 unspecified atom stereocenters. The highest BCUT2D eigenvalue weighted by atomic mass is 19.1. The summed E-state index contributed by atoms with van der Waals surface area (Å²) in [7, 11) is 0. The van der Waals surface area contributed by atoms with Gasteiger partial charge in [0.2, 0.25) is 5.88 Å². The van der Waals surface area contributed by atoms with E-state index in [2.05, 4.69) is 20.9 Å². The van der Waals surface area contributed by atoms with Crippen molar-refractivity contribution in [1.82, 2.24) is 20.9 Å². The number of pyridine rings is 1. The van der Waals surface area contributed by atoms with Crippen molar-refractivity contribution < 1.29 is 28.2 Å². The van der Waals surface area contributed by atoms with E-state index in [1.165, 1.54) is 24.3 Å². The number of amides is 3. The van der Waals surface area contributed by atoms with Gasteiger partial charge < -0.3 is 25.8 Å². The molecule has 2 aromatic carbocycles. The predicted molar refractivity (Wildman–Crippen MR) is 128 cm³/mol. The van der Waals surface area contributed by atoms with Crippen LogP contribution in [0, 0.1) is 11.6 Å². The number of nitrogens with zero attached hydrogens (tertiary/aromatic N) is 1. The summed E-state index contributed by atoms with van der Waals surface area (Å²) < 4.78 is 32.6. The number of aromatic hydroxyl groups is 1. The smallest absolute Gasteiger partial charge is 0.315 e. The van der Waals surface area contributed by atoms with Gasteiger partial charge in [-0.1, -0.05) is 12.1 Å². The summed E-state index contributed by atoms with van der Waals surface area (Å²) in [5, 5.41) is 17.9. The van der Waals surface area contributed by atoms with E-state index in [1.54, 1.807) is 24.3 Å². The predicted octanol–water partition coefficient (Wildman–Crippen LogP) is 4.40. The van der Waals surface area contributed by atoms with Crippen LogP contribution in [-0.2, 0) is 6.54 Å². The minimum Gasteiger partial charge on any atom is -0.508 e. The van der Waals surface area contributed by atoms with Crippen molar-refractivity contribution in [3.63, 3.8) is 0 Å². The maximum Gasteiger partial charge on any atom is 0.315 e. The Morgan fingerprint density at radius 1 is 0.917 bits per heavy atom. The van der Waals surface area contributed by atoms with Crippen molar-refractivity contribution >= 4 is 11.9 Å². The summed E-state index contributed by atoms with van der Waals surface area (Å²) in [6, 6.07) is 12.3. The quantitative estimate of drug-likeness (QED) is 0.387. The standard InChI is InChI=1S/C26H26F2N4O4/c27-17-3-11-22(12-4-17)36-25-23(13-18(28)15-29-25)24(34)31-19-5-7-20(8-6-19)32-26(35)30-14-16-1-9-21(33)10-2-16/h1-4,9-13,15,19-20,33H,5-8,14H2,(H,31,34)(H2,30,32,35). The van der Waals surface area contributed by atoms with E-state index in [9.17, 15) is 23.5 Å². The number of hydrogen-bond donors (Lipinski definition) is 4. The lowest BCUT2D eigenvalue weighted by Gasteiger charge is -2.29. The van der Waals surface area contributed by atoms with Gasteiger partial charge in [0.1, 0.15) is 28.7 Å². The lowest BCUT2D eigenvalue weighted by Crippen LogP contribution is -2.46. The zero-order valence-electron chi connectivity index (χ0n) is 19.3. The number of rotatable bonds is 7. The van der Waals surface area contributed by atoms with E-state index in [4.69, 9.17) is 4.74 Å². The van der Waals surface area contributed by atoms with Crippen molar-refractivity contribution in [3.8, 4) is 17.4 Å². The van der Waals surface area contributed by atoms with Crippen LogP contribution in [0.2, 0.25) is 0 Å². The molecule has 8 nitrogen and oxygen atoms in total. The monoisotopic (exact) mass is 496 g/mol. The maximum absolute atomic E-state index is 13.8. The topological polar surface area (TPSA) is 113 Å². The molecule has 3 aromatic rings. The van der Waals surface area contributed by atoms with Gasteiger partial charge in [-0.15, -0.1) is 0 Å². The molecule has 0 bridgehead atoms. The molecule has 1 saturated carbocycles. The molecule has 1 heterocycles. The van der Waals surface area contributed by atoms with Crippen LogP contribution in [-0.4, -0.2) is 34.1 Å². The van der Waals surface area contributed by atoms with Gasteiger partial charge in [0.05, 0.1) is 6.20 Å². The van der Waals surface area contributed by atoms with Crippen molar-refractivity contribution in [3.05, 3.63) is 83.6 Å². The number of carbonyl (C=O) groups excluding carboxylic acids is 2. The maximum atomic E-state index is 13.8.